The monoisotopic (exact) mass is 504 g/mol. The molecule has 0 fully saturated rings. The summed E-state index contributed by atoms with van der Waals surface area (Å²) in [6.45, 7) is 3.69. The van der Waals surface area contributed by atoms with E-state index < -0.39 is 0 Å². The summed E-state index contributed by atoms with van der Waals surface area (Å²) in [5.74, 6) is -0.265. The maximum atomic E-state index is 14.6. The van der Waals surface area contributed by atoms with Crippen molar-refractivity contribution < 1.29 is 4.39 Å². The van der Waals surface area contributed by atoms with Crippen LogP contribution in [-0.4, -0.2) is 52.3 Å². The van der Waals surface area contributed by atoms with Gasteiger partial charge in [0.2, 0.25) is 0 Å². The number of fused-ring (bicyclic) bond motifs is 2. The topological polar surface area (TPSA) is 72.6 Å². The van der Waals surface area contributed by atoms with E-state index in [-0.39, 0.29) is 5.82 Å². The van der Waals surface area contributed by atoms with E-state index in [9.17, 15) is 4.39 Å². The fourth-order valence-corrected chi connectivity index (χ4v) is 4.96. The smallest absolute Gasteiger partial charge is 0.125 e. The highest BCUT2D eigenvalue weighted by molar-refractivity contribution is 6.02. The average Bonchev–Trinajstić information content (AvgIpc) is 3.52. The number of nitrogens with zero attached hydrogens (tertiary/aromatic N) is 3. The van der Waals surface area contributed by atoms with E-state index in [4.69, 9.17) is 0 Å². The fraction of sp³-hybridized carbons (Fsp3) is 0.161. The number of pyridine rings is 1. The van der Waals surface area contributed by atoms with Crippen LogP contribution in [0.5, 0.6) is 0 Å². The minimum atomic E-state index is -0.265. The van der Waals surface area contributed by atoms with Crippen LogP contribution in [0, 0.1) is 12.7 Å². The molecule has 0 saturated carbocycles. The Morgan fingerprint density at radius 3 is 2.63 bits per heavy atom. The fourth-order valence-electron chi connectivity index (χ4n) is 4.96. The Bertz CT molecular complexity index is 1760. The first kappa shape index (κ1) is 23.9. The number of halogens is 1. The Kier molecular flexibility index (Phi) is 6.13. The number of nitrogens with one attached hydrogen (secondary N) is 3. The van der Waals surface area contributed by atoms with E-state index >= 15 is 0 Å². The van der Waals surface area contributed by atoms with Gasteiger partial charge in [-0.2, -0.15) is 5.10 Å². The molecule has 0 bridgehead atoms. The van der Waals surface area contributed by atoms with E-state index in [2.05, 4.69) is 61.6 Å². The van der Waals surface area contributed by atoms with Crippen LogP contribution in [-0.2, 0) is 0 Å². The summed E-state index contributed by atoms with van der Waals surface area (Å²) in [5.41, 5.74) is 9.60. The molecule has 0 saturated heterocycles. The molecule has 6 nitrogen and oxygen atoms in total. The summed E-state index contributed by atoms with van der Waals surface area (Å²) in [5, 5.41) is 13.2. The van der Waals surface area contributed by atoms with Gasteiger partial charge in [0, 0.05) is 53.0 Å². The van der Waals surface area contributed by atoms with Crippen LogP contribution in [0.15, 0.2) is 79.1 Å². The van der Waals surface area contributed by atoms with E-state index in [1.54, 1.807) is 12.1 Å². The summed E-state index contributed by atoms with van der Waals surface area (Å²) in [4.78, 5) is 9.94. The molecule has 6 aromatic rings. The third kappa shape index (κ3) is 4.53. The highest BCUT2D eigenvalue weighted by Gasteiger charge is 2.15. The van der Waals surface area contributed by atoms with Gasteiger partial charge in [0.25, 0.3) is 0 Å². The molecule has 0 spiro atoms. The minimum Gasteiger partial charge on any atom is -0.384 e. The number of benzene rings is 3. The van der Waals surface area contributed by atoms with Crippen molar-refractivity contribution in [1.29, 1.82) is 0 Å². The van der Waals surface area contributed by atoms with Gasteiger partial charge < -0.3 is 15.2 Å². The molecule has 0 radical (unpaired) electrons. The maximum Gasteiger partial charge on any atom is 0.125 e. The molecular formula is C31H29FN6. The third-order valence-electron chi connectivity index (χ3n) is 6.93. The number of anilines is 1. The molecule has 6 rings (SSSR count). The minimum absolute atomic E-state index is 0.265. The van der Waals surface area contributed by atoms with Crippen LogP contribution < -0.4 is 5.32 Å². The summed E-state index contributed by atoms with van der Waals surface area (Å²) in [6, 6.07) is 21.6. The molecule has 190 valence electrons. The number of rotatable bonds is 7. The largest absolute Gasteiger partial charge is 0.384 e. The van der Waals surface area contributed by atoms with Crippen molar-refractivity contribution in [2.45, 2.75) is 6.92 Å². The van der Waals surface area contributed by atoms with Crippen molar-refractivity contribution in [2.24, 2.45) is 0 Å². The molecule has 0 amide bonds. The predicted octanol–water partition coefficient (Wildman–Crippen LogP) is 6.86. The van der Waals surface area contributed by atoms with Crippen molar-refractivity contribution in [1.82, 2.24) is 25.1 Å². The van der Waals surface area contributed by atoms with Crippen molar-refractivity contribution in [3.8, 4) is 33.6 Å². The lowest BCUT2D eigenvalue weighted by molar-refractivity contribution is 0.425. The first-order valence-electron chi connectivity index (χ1n) is 12.7. The summed E-state index contributed by atoms with van der Waals surface area (Å²) >= 11 is 0. The van der Waals surface area contributed by atoms with Gasteiger partial charge in [-0.25, -0.2) is 4.39 Å². The van der Waals surface area contributed by atoms with Gasteiger partial charge in [0.05, 0.1) is 11.2 Å². The molecule has 3 aromatic carbocycles. The van der Waals surface area contributed by atoms with Crippen LogP contribution in [0.2, 0.25) is 0 Å². The lowest BCUT2D eigenvalue weighted by Crippen LogP contribution is -2.20. The lowest BCUT2D eigenvalue weighted by atomic mass is 9.99. The maximum absolute atomic E-state index is 14.6. The van der Waals surface area contributed by atoms with E-state index in [0.717, 1.165) is 74.2 Å². The second-order valence-electron chi connectivity index (χ2n) is 9.93. The van der Waals surface area contributed by atoms with Crippen molar-refractivity contribution in [3.05, 3.63) is 90.5 Å². The molecule has 38 heavy (non-hydrogen) atoms. The molecule has 3 N–H and O–H groups in total. The van der Waals surface area contributed by atoms with Gasteiger partial charge in [0.15, 0.2) is 0 Å². The quantitative estimate of drug-likeness (QED) is 0.222. The Balaban J connectivity index is 1.41. The number of aromatic nitrogens is 4. The van der Waals surface area contributed by atoms with Crippen LogP contribution >= 0.6 is 0 Å². The van der Waals surface area contributed by atoms with Crippen molar-refractivity contribution >= 4 is 27.5 Å². The molecule has 0 atom stereocenters. The molecule has 0 aliphatic heterocycles. The predicted molar refractivity (Wildman–Crippen MR) is 154 cm³/mol. The number of likely N-dealkylation sites (N-methyl/N-ethyl adjacent to an activating group) is 1. The van der Waals surface area contributed by atoms with Gasteiger partial charge in [-0.05, 0) is 91.8 Å². The SMILES string of the molecule is Cc1ccncc1-c1ccc2[nH]nc(-c3cc4c(-c5cc(F)cc(NCCN(C)C)c5)cccc4[nH]3)c2c1. The first-order chi connectivity index (χ1) is 18.5. The lowest BCUT2D eigenvalue weighted by Gasteiger charge is -2.13. The van der Waals surface area contributed by atoms with E-state index in [0.29, 0.717) is 0 Å². The number of hydrogen-bond acceptors (Lipinski definition) is 4. The first-order valence-corrected chi connectivity index (χ1v) is 12.7. The second kappa shape index (κ2) is 9.76. The molecule has 0 aliphatic carbocycles. The second-order valence-corrected chi connectivity index (χ2v) is 9.93. The zero-order valence-corrected chi connectivity index (χ0v) is 21.6. The Morgan fingerprint density at radius 2 is 1.79 bits per heavy atom. The van der Waals surface area contributed by atoms with Crippen LogP contribution in [0.25, 0.3) is 55.4 Å². The van der Waals surface area contributed by atoms with Crippen LogP contribution in [0.4, 0.5) is 10.1 Å². The molecular weight excluding hydrogens is 475 g/mol. The zero-order chi connectivity index (χ0) is 26.2. The Morgan fingerprint density at radius 1 is 0.895 bits per heavy atom. The Hall–Kier alpha value is -4.49. The normalized spacial score (nSPS) is 11.6. The molecule has 0 aliphatic rings. The molecule has 0 unspecified atom stereocenters. The van der Waals surface area contributed by atoms with Crippen molar-refractivity contribution in [3.63, 3.8) is 0 Å². The van der Waals surface area contributed by atoms with Gasteiger partial charge in [0.1, 0.15) is 11.5 Å². The van der Waals surface area contributed by atoms with E-state index in [1.807, 2.05) is 56.8 Å². The third-order valence-corrected chi connectivity index (χ3v) is 6.93. The van der Waals surface area contributed by atoms with Gasteiger partial charge >= 0.3 is 0 Å². The standard InChI is InChI=1S/C31H29FN6/c1-19-9-10-33-18-27(19)20-7-8-29-26(15-20)31(37-36-29)30-17-25-24(5-4-6-28(25)35-30)21-13-22(32)16-23(14-21)34-11-12-38(2)3/h4-10,13-18,34-35H,11-12H2,1-3H3,(H,36,37). The Labute approximate surface area is 220 Å². The van der Waals surface area contributed by atoms with Crippen LogP contribution in [0.3, 0.4) is 0 Å². The molecule has 3 heterocycles. The van der Waals surface area contributed by atoms with Crippen LogP contribution in [0.1, 0.15) is 5.56 Å². The van der Waals surface area contributed by atoms with Gasteiger partial charge in [-0.1, -0.05) is 18.2 Å². The summed E-state index contributed by atoms with van der Waals surface area (Å²) in [6.07, 6.45) is 3.71. The number of aryl methyl sites for hydroxylation is 1. The van der Waals surface area contributed by atoms with Gasteiger partial charge in [-0.15, -0.1) is 0 Å². The van der Waals surface area contributed by atoms with E-state index in [1.165, 1.54) is 5.56 Å². The highest BCUT2D eigenvalue weighted by Crippen LogP contribution is 2.36. The average molecular weight is 505 g/mol. The zero-order valence-electron chi connectivity index (χ0n) is 21.6. The molecule has 3 aromatic heterocycles. The highest BCUT2D eigenvalue weighted by atomic mass is 19.1. The van der Waals surface area contributed by atoms with Gasteiger partial charge in [-0.3, -0.25) is 10.1 Å². The molecule has 7 heteroatoms. The van der Waals surface area contributed by atoms with Crippen molar-refractivity contribution in [2.75, 3.05) is 32.5 Å². The number of H-pyrrole nitrogens is 2. The number of hydrogen-bond donors (Lipinski definition) is 3. The summed E-state index contributed by atoms with van der Waals surface area (Å²) in [7, 11) is 4.04. The summed E-state index contributed by atoms with van der Waals surface area (Å²) < 4.78 is 14.6. The number of aromatic amines is 2.